The summed E-state index contributed by atoms with van der Waals surface area (Å²) in [6.45, 7) is 0. The van der Waals surface area contributed by atoms with Crippen molar-refractivity contribution < 1.29 is 0 Å². The minimum Gasteiger partial charge on any atom is -0.198 e. The molecule has 0 bridgehead atoms. The average Bonchev–Trinajstić information content (AvgIpc) is 2.69. The maximum Gasteiger partial charge on any atom is 0.0666 e. The standard InChI is InChI=1S/C12H13N.C12H11N/c2*13-8-7-10-5-6-11-3-1-2-4-12(11)9-10/h1-4,10H,5-7,9H2;1-4,9H,5-7H2. The van der Waals surface area contributed by atoms with Crippen LogP contribution >= 0.6 is 0 Å². The summed E-state index contributed by atoms with van der Waals surface area (Å²) in [6.07, 6.45) is 9.02. The van der Waals surface area contributed by atoms with Gasteiger partial charge in [-0.05, 0) is 60.3 Å². The van der Waals surface area contributed by atoms with Crippen molar-refractivity contribution in [3.8, 4) is 12.1 Å². The van der Waals surface area contributed by atoms with Gasteiger partial charge in [0.15, 0.2) is 0 Å². The highest BCUT2D eigenvalue weighted by molar-refractivity contribution is 5.59. The lowest BCUT2D eigenvalue weighted by atomic mass is 9.83. The van der Waals surface area contributed by atoms with Crippen LogP contribution in [0, 0.1) is 28.6 Å². The fourth-order valence-electron chi connectivity index (χ4n) is 3.81. The van der Waals surface area contributed by atoms with Crippen molar-refractivity contribution in [1.82, 2.24) is 0 Å². The highest BCUT2D eigenvalue weighted by Crippen LogP contribution is 2.27. The molecule has 2 aromatic carbocycles. The summed E-state index contributed by atoms with van der Waals surface area (Å²) < 4.78 is 0. The minimum absolute atomic E-state index is 0.578. The molecule has 0 saturated heterocycles. The molecule has 2 aliphatic carbocycles. The molecule has 1 unspecified atom stereocenters. The molecule has 0 fully saturated rings. The summed E-state index contributed by atoms with van der Waals surface area (Å²) in [5.41, 5.74) is 6.90. The van der Waals surface area contributed by atoms with Crippen LogP contribution in [-0.2, 0) is 19.3 Å². The van der Waals surface area contributed by atoms with Crippen molar-refractivity contribution in [3.63, 3.8) is 0 Å². The molecule has 130 valence electrons. The van der Waals surface area contributed by atoms with Crippen molar-refractivity contribution in [1.29, 1.82) is 10.5 Å². The lowest BCUT2D eigenvalue weighted by Crippen LogP contribution is -2.13. The van der Waals surface area contributed by atoms with Gasteiger partial charge in [0.25, 0.3) is 0 Å². The molecule has 0 aromatic heterocycles. The summed E-state index contributed by atoms with van der Waals surface area (Å²) in [5, 5.41) is 17.2. The maximum atomic E-state index is 8.62. The molecule has 2 aromatic rings. The first kappa shape index (κ1) is 18.0. The molecule has 0 spiro atoms. The predicted molar refractivity (Wildman–Crippen MR) is 105 cm³/mol. The molecule has 0 saturated carbocycles. The van der Waals surface area contributed by atoms with Gasteiger partial charge in [-0.3, -0.25) is 0 Å². The lowest BCUT2D eigenvalue weighted by Gasteiger charge is -2.22. The van der Waals surface area contributed by atoms with Crippen LogP contribution in [0.2, 0.25) is 0 Å². The molecule has 2 aliphatic rings. The third kappa shape index (κ3) is 4.62. The molecule has 4 rings (SSSR count). The molecule has 26 heavy (non-hydrogen) atoms. The number of aryl methyl sites for hydroxylation is 2. The SMILES string of the molecule is N#CCC1=Cc2ccccc2CC1.N#CCC1CCc2ccccc2C1. The fourth-order valence-corrected chi connectivity index (χ4v) is 3.81. The Morgan fingerprint density at radius 3 is 2.31 bits per heavy atom. The summed E-state index contributed by atoms with van der Waals surface area (Å²) in [5.74, 6) is 0.597. The Labute approximate surface area is 156 Å². The molecule has 1 atom stereocenters. The number of rotatable bonds is 2. The number of fused-ring (bicyclic) bond motifs is 2. The zero-order chi connectivity index (χ0) is 18.2. The third-order valence-electron chi connectivity index (χ3n) is 5.27. The smallest absolute Gasteiger partial charge is 0.0666 e. The molecular formula is C24H24N2. The molecule has 2 nitrogen and oxygen atoms in total. The van der Waals surface area contributed by atoms with E-state index in [9.17, 15) is 0 Å². The van der Waals surface area contributed by atoms with Crippen molar-refractivity contribution in [2.75, 3.05) is 0 Å². The number of allylic oxidation sites excluding steroid dienone is 1. The molecule has 2 heteroatoms. The quantitative estimate of drug-likeness (QED) is 0.710. The highest BCUT2D eigenvalue weighted by atomic mass is 14.3. The minimum atomic E-state index is 0.578. The van der Waals surface area contributed by atoms with E-state index in [1.54, 1.807) is 0 Å². The van der Waals surface area contributed by atoms with E-state index < -0.39 is 0 Å². The van der Waals surface area contributed by atoms with Crippen LogP contribution in [0.15, 0.2) is 54.1 Å². The van der Waals surface area contributed by atoms with Gasteiger partial charge in [0, 0.05) is 6.42 Å². The molecule has 0 amide bonds. The Balaban J connectivity index is 0.000000151. The summed E-state index contributed by atoms with van der Waals surface area (Å²) in [7, 11) is 0. The van der Waals surface area contributed by atoms with E-state index in [1.165, 1.54) is 34.2 Å². The fraction of sp³-hybridized carbons (Fsp3) is 0.333. The Morgan fingerprint density at radius 1 is 0.808 bits per heavy atom. The Hall–Kier alpha value is -2.84. The van der Waals surface area contributed by atoms with Crippen LogP contribution < -0.4 is 0 Å². The number of nitriles is 2. The van der Waals surface area contributed by atoms with E-state index in [0.29, 0.717) is 18.8 Å². The van der Waals surface area contributed by atoms with E-state index in [4.69, 9.17) is 10.5 Å². The van der Waals surface area contributed by atoms with Gasteiger partial charge in [-0.25, -0.2) is 0 Å². The van der Waals surface area contributed by atoms with Gasteiger partial charge in [0.1, 0.15) is 0 Å². The van der Waals surface area contributed by atoms with Gasteiger partial charge >= 0.3 is 0 Å². The normalized spacial score (nSPS) is 17.3. The Kier molecular flexibility index (Phi) is 6.24. The lowest BCUT2D eigenvalue weighted by molar-refractivity contribution is 0.468. The van der Waals surface area contributed by atoms with E-state index in [-0.39, 0.29) is 0 Å². The van der Waals surface area contributed by atoms with Crippen LogP contribution in [0.5, 0.6) is 0 Å². The van der Waals surface area contributed by atoms with Crippen molar-refractivity contribution in [2.24, 2.45) is 5.92 Å². The first-order valence-corrected chi connectivity index (χ1v) is 9.38. The largest absolute Gasteiger partial charge is 0.198 e. The van der Waals surface area contributed by atoms with E-state index >= 15 is 0 Å². The van der Waals surface area contributed by atoms with Gasteiger partial charge in [0.05, 0.1) is 18.6 Å². The average molecular weight is 340 g/mol. The zero-order valence-electron chi connectivity index (χ0n) is 15.1. The first-order chi connectivity index (χ1) is 12.8. The predicted octanol–water partition coefficient (Wildman–Crippen LogP) is 5.64. The second-order valence-corrected chi connectivity index (χ2v) is 7.08. The van der Waals surface area contributed by atoms with Crippen molar-refractivity contribution in [2.45, 2.75) is 44.9 Å². The van der Waals surface area contributed by atoms with Gasteiger partial charge in [-0.15, -0.1) is 0 Å². The van der Waals surface area contributed by atoms with Gasteiger partial charge in [-0.2, -0.15) is 10.5 Å². The van der Waals surface area contributed by atoms with Crippen molar-refractivity contribution >= 4 is 6.08 Å². The third-order valence-corrected chi connectivity index (χ3v) is 5.27. The monoisotopic (exact) mass is 340 g/mol. The molecule has 0 heterocycles. The summed E-state index contributed by atoms with van der Waals surface area (Å²) >= 11 is 0. The van der Waals surface area contributed by atoms with Crippen LogP contribution in [0.1, 0.15) is 47.9 Å². The Bertz CT molecular complexity index is 864. The number of hydrogen-bond donors (Lipinski definition) is 0. The summed E-state index contributed by atoms with van der Waals surface area (Å²) in [6, 6.07) is 21.5. The number of nitrogens with zero attached hydrogens (tertiary/aromatic N) is 2. The highest BCUT2D eigenvalue weighted by Gasteiger charge is 2.17. The van der Waals surface area contributed by atoms with Gasteiger partial charge in [-0.1, -0.05) is 60.2 Å². The van der Waals surface area contributed by atoms with Crippen LogP contribution in [-0.4, -0.2) is 0 Å². The van der Waals surface area contributed by atoms with Crippen LogP contribution in [0.4, 0.5) is 0 Å². The Morgan fingerprint density at radius 2 is 1.54 bits per heavy atom. The van der Waals surface area contributed by atoms with Crippen LogP contribution in [0.25, 0.3) is 6.08 Å². The zero-order valence-corrected chi connectivity index (χ0v) is 15.1. The maximum absolute atomic E-state index is 8.62. The van der Waals surface area contributed by atoms with E-state index in [2.05, 4.69) is 60.7 Å². The molecule has 0 N–H and O–H groups in total. The molecule has 0 aliphatic heterocycles. The van der Waals surface area contributed by atoms with Gasteiger partial charge < -0.3 is 0 Å². The second-order valence-electron chi connectivity index (χ2n) is 7.08. The number of hydrogen-bond acceptors (Lipinski definition) is 2. The van der Waals surface area contributed by atoms with E-state index in [1.807, 2.05) is 6.07 Å². The van der Waals surface area contributed by atoms with Crippen LogP contribution in [0.3, 0.4) is 0 Å². The second kappa shape index (κ2) is 9.02. The van der Waals surface area contributed by atoms with E-state index in [0.717, 1.165) is 25.7 Å². The summed E-state index contributed by atoms with van der Waals surface area (Å²) in [4.78, 5) is 0. The van der Waals surface area contributed by atoms with Gasteiger partial charge in [0.2, 0.25) is 0 Å². The number of benzene rings is 2. The molecular weight excluding hydrogens is 316 g/mol. The topological polar surface area (TPSA) is 47.6 Å². The van der Waals surface area contributed by atoms with Crippen molar-refractivity contribution in [3.05, 3.63) is 76.4 Å². The molecule has 0 radical (unpaired) electrons. The first-order valence-electron chi connectivity index (χ1n) is 9.38.